The summed E-state index contributed by atoms with van der Waals surface area (Å²) in [5, 5.41) is 4.09. The fraction of sp³-hybridized carbons (Fsp3) is 0.556. The van der Waals surface area contributed by atoms with Crippen molar-refractivity contribution in [2.45, 2.75) is 13.8 Å². The Labute approximate surface area is 82.6 Å². The van der Waals surface area contributed by atoms with Crippen LogP contribution in [0, 0.1) is 6.92 Å². The second-order valence-corrected chi connectivity index (χ2v) is 2.81. The molecule has 1 heterocycles. The number of nitrogens with zero attached hydrogens (tertiary/aromatic N) is 2. The Balaban J connectivity index is 3.17. The maximum absolute atomic E-state index is 11.4. The van der Waals surface area contributed by atoms with Crippen molar-refractivity contribution in [2.24, 2.45) is 7.05 Å². The quantitative estimate of drug-likeness (QED) is 0.677. The van der Waals surface area contributed by atoms with Gasteiger partial charge < -0.3 is 9.47 Å². The molecule has 78 valence electrons. The lowest BCUT2D eigenvalue weighted by molar-refractivity contribution is 0.0583. The molecule has 0 unspecified atom stereocenters. The van der Waals surface area contributed by atoms with Gasteiger partial charge in [-0.25, -0.2) is 4.79 Å². The predicted octanol–water partition coefficient (Wildman–Crippen LogP) is 0.914. The lowest BCUT2D eigenvalue weighted by atomic mass is 10.3. The number of hydrogen-bond acceptors (Lipinski definition) is 4. The van der Waals surface area contributed by atoms with Gasteiger partial charge in [-0.1, -0.05) is 0 Å². The number of aryl methyl sites for hydroxylation is 2. The van der Waals surface area contributed by atoms with E-state index in [9.17, 15) is 4.79 Å². The molecule has 0 radical (unpaired) electrons. The number of methoxy groups -OCH3 is 1. The molecule has 5 heteroatoms. The topological polar surface area (TPSA) is 53.4 Å². The third kappa shape index (κ3) is 1.71. The highest BCUT2D eigenvalue weighted by Gasteiger charge is 2.21. The monoisotopic (exact) mass is 198 g/mol. The van der Waals surface area contributed by atoms with Gasteiger partial charge in [0.25, 0.3) is 0 Å². The molecule has 0 aliphatic rings. The zero-order valence-electron chi connectivity index (χ0n) is 8.83. The molecule has 0 aliphatic carbocycles. The standard InChI is InChI=1S/C9H14N2O3/c1-5-14-8-6(2)10-11(3)7(8)9(12)13-4/h5H2,1-4H3. The SMILES string of the molecule is CCOc1c(C)nn(C)c1C(=O)OC. The summed E-state index contributed by atoms with van der Waals surface area (Å²) in [4.78, 5) is 11.4. The van der Waals surface area contributed by atoms with Crippen LogP contribution in [0.4, 0.5) is 0 Å². The molecule has 0 N–H and O–H groups in total. The summed E-state index contributed by atoms with van der Waals surface area (Å²) in [6.07, 6.45) is 0. The highest BCUT2D eigenvalue weighted by molar-refractivity contribution is 5.90. The fourth-order valence-corrected chi connectivity index (χ4v) is 1.28. The van der Waals surface area contributed by atoms with Gasteiger partial charge in [-0.3, -0.25) is 4.68 Å². The van der Waals surface area contributed by atoms with Gasteiger partial charge in [0.05, 0.1) is 13.7 Å². The third-order valence-electron chi connectivity index (χ3n) is 1.83. The van der Waals surface area contributed by atoms with Crippen molar-refractivity contribution in [3.8, 4) is 5.75 Å². The van der Waals surface area contributed by atoms with Crippen LogP contribution in [0.3, 0.4) is 0 Å². The van der Waals surface area contributed by atoms with Gasteiger partial charge >= 0.3 is 5.97 Å². The summed E-state index contributed by atoms with van der Waals surface area (Å²) in [6, 6.07) is 0. The van der Waals surface area contributed by atoms with Gasteiger partial charge in [-0.2, -0.15) is 5.10 Å². The summed E-state index contributed by atoms with van der Waals surface area (Å²) >= 11 is 0. The summed E-state index contributed by atoms with van der Waals surface area (Å²) in [5.74, 6) is 0.0680. The van der Waals surface area contributed by atoms with Crippen molar-refractivity contribution in [3.63, 3.8) is 0 Å². The van der Waals surface area contributed by atoms with Gasteiger partial charge in [-0.05, 0) is 13.8 Å². The van der Waals surface area contributed by atoms with Crippen molar-refractivity contribution < 1.29 is 14.3 Å². The fourth-order valence-electron chi connectivity index (χ4n) is 1.28. The molecule has 0 amide bonds. The zero-order valence-corrected chi connectivity index (χ0v) is 8.83. The molecule has 0 spiro atoms. The van der Waals surface area contributed by atoms with E-state index in [2.05, 4.69) is 9.84 Å². The van der Waals surface area contributed by atoms with Crippen molar-refractivity contribution >= 4 is 5.97 Å². The normalized spacial score (nSPS) is 10.0. The first kappa shape index (κ1) is 10.6. The van der Waals surface area contributed by atoms with E-state index < -0.39 is 5.97 Å². The van der Waals surface area contributed by atoms with Gasteiger partial charge in [0.2, 0.25) is 0 Å². The zero-order chi connectivity index (χ0) is 10.7. The minimum Gasteiger partial charge on any atom is -0.489 e. The number of ether oxygens (including phenoxy) is 2. The largest absolute Gasteiger partial charge is 0.489 e. The maximum atomic E-state index is 11.4. The number of rotatable bonds is 3. The van der Waals surface area contributed by atoms with Crippen molar-refractivity contribution in [2.75, 3.05) is 13.7 Å². The predicted molar refractivity (Wildman–Crippen MR) is 50.5 cm³/mol. The van der Waals surface area contributed by atoms with Gasteiger partial charge in [0.1, 0.15) is 5.69 Å². The summed E-state index contributed by atoms with van der Waals surface area (Å²) in [7, 11) is 3.02. The van der Waals surface area contributed by atoms with E-state index in [4.69, 9.17) is 4.74 Å². The first-order valence-corrected chi connectivity index (χ1v) is 4.36. The van der Waals surface area contributed by atoms with E-state index in [1.165, 1.54) is 11.8 Å². The van der Waals surface area contributed by atoms with Crippen molar-refractivity contribution in [3.05, 3.63) is 11.4 Å². The first-order valence-electron chi connectivity index (χ1n) is 4.36. The van der Waals surface area contributed by atoms with Crippen LogP contribution in [-0.2, 0) is 11.8 Å². The van der Waals surface area contributed by atoms with Crippen LogP contribution in [0.1, 0.15) is 23.1 Å². The Bertz CT molecular complexity index is 344. The van der Waals surface area contributed by atoms with Crippen LogP contribution >= 0.6 is 0 Å². The van der Waals surface area contributed by atoms with E-state index >= 15 is 0 Å². The highest BCUT2D eigenvalue weighted by atomic mass is 16.5. The summed E-state index contributed by atoms with van der Waals surface area (Å²) in [6.45, 7) is 4.14. The Morgan fingerprint density at radius 3 is 2.71 bits per heavy atom. The van der Waals surface area contributed by atoms with Crippen LogP contribution in [0.25, 0.3) is 0 Å². The molecule has 0 saturated carbocycles. The molecule has 5 nitrogen and oxygen atoms in total. The highest BCUT2D eigenvalue weighted by Crippen LogP contribution is 2.22. The minimum atomic E-state index is -0.434. The lowest BCUT2D eigenvalue weighted by Gasteiger charge is -2.04. The average Bonchev–Trinajstić information content (AvgIpc) is 2.42. The van der Waals surface area contributed by atoms with Crippen LogP contribution < -0.4 is 4.74 Å². The second-order valence-electron chi connectivity index (χ2n) is 2.81. The third-order valence-corrected chi connectivity index (χ3v) is 1.83. The van der Waals surface area contributed by atoms with Crippen LogP contribution in [0.15, 0.2) is 0 Å². The summed E-state index contributed by atoms with van der Waals surface area (Å²) < 4.78 is 11.4. The Hall–Kier alpha value is -1.52. The van der Waals surface area contributed by atoms with E-state index in [0.717, 1.165) is 0 Å². The van der Waals surface area contributed by atoms with Crippen molar-refractivity contribution in [1.82, 2.24) is 9.78 Å². The van der Waals surface area contributed by atoms with E-state index in [1.807, 2.05) is 6.92 Å². The maximum Gasteiger partial charge on any atom is 0.360 e. The smallest absolute Gasteiger partial charge is 0.360 e. The molecule has 0 bridgehead atoms. The number of aromatic nitrogens is 2. The first-order chi connectivity index (χ1) is 6.61. The molecule has 0 aromatic carbocycles. The van der Waals surface area contributed by atoms with E-state index in [1.54, 1.807) is 14.0 Å². The lowest BCUT2D eigenvalue weighted by Crippen LogP contribution is -2.10. The Morgan fingerprint density at radius 2 is 2.21 bits per heavy atom. The molecule has 1 rings (SSSR count). The van der Waals surface area contributed by atoms with Crippen LogP contribution in [0.5, 0.6) is 5.75 Å². The molecule has 0 aliphatic heterocycles. The molecule has 14 heavy (non-hydrogen) atoms. The molecule has 0 saturated heterocycles. The number of esters is 1. The molecular formula is C9H14N2O3. The second kappa shape index (κ2) is 4.13. The Kier molecular flexibility index (Phi) is 3.11. The Morgan fingerprint density at radius 1 is 1.57 bits per heavy atom. The summed E-state index contributed by atoms with van der Waals surface area (Å²) in [5.41, 5.74) is 1.04. The van der Waals surface area contributed by atoms with Crippen LogP contribution in [-0.4, -0.2) is 29.5 Å². The molecule has 1 aromatic rings. The number of hydrogen-bond donors (Lipinski definition) is 0. The molecule has 1 aromatic heterocycles. The van der Waals surface area contributed by atoms with Crippen LogP contribution in [0.2, 0.25) is 0 Å². The number of carbonyl (C=O) groups is 1. The minimum absolute atomic E-state index is 0.354. The molecule has 0 fully saturated rings. The van der Waals surface area contributed by atoms with E-state index in [-0.39, 0.29) is 0 Å². The molecule has 0 atom stereocenters. The molecular weight excluding hydrogens is 184 g/mol. The van der Waals surface area contributed by atoms with Gasteiger partial charge in [0.15, 0.2) is 11.4 Å². The van der Waals surface area contributed by atoms with Gasteiger partial charge in [-0.15, -0.1) is 0 Å². The van der Waals surface area contributed by atoms with E-state index in [0.29, 0.717) is 23.7 Å². The van der Waals surface area contributed by atoms with Crippen molar-refractivity contribution in [1.29, 1.82) is 0 Å². The number of carbonyl (C=O) groups excluding carboxylic acids is 1. The average molecular weight is 198 g/mol. The van der Waals surface area contributed by atoms with Gasteiger partial charge in [0, 0.05) is 7.05 Å².